The number of nitrogens with zero attached hydrogens (tertiary/aromatic N) is 1. The Hall–Kier alpha value is -1.61. The van der Waals surface area contributed by atoms with E-state index in [2.05, 4.69) is 9.57 Å². The molecule has 2 aliphatic rings. The number of rotatable bonds is 3. The van der Waals surface area contributed by atoms with Gasteiger partial charge in [-0.15, -0.1) is 10.1 Å². The normalized spacial score (nSPS) is 36.8. The van der Waals surface area contributed by atoms with Crippen molar-refractivity contribution in [1.82, 2.24) is 0 Å². The third-order valence-electron chi connectivity index (χ3n) is 2.44. The zero-order valence-corrected chi connectivity index (χ0v) is 7.98. The minimum atomic E-state index is -1.43. The van der Waals surface area contributed by atoms with Crippen molar-refractivity contribution in [2.75, 3.05) is 13.2 Å². The minimum absolute atomic E-state index is 0.0131. The summed E-state index contributed by atoms with van der Waals surface area (Å²) in [7, 11) is 0. The second-order valence-corrected chi connectivity index (χ2v) is 3.39. The molecule has 2 saturated heterocycles. The summed E-state index contributed by atoms with van der Waals surface area (Å²) >= 11 is 0. The van der Waals surface area contributed by atoms with Crippen LogP contribution in [0.3, 0.4) is 0 Å². The molecule has 0 radical (unpaired) electrons. The van der Waals surface area contributed by atoms with Crippen LogP contribution in [0, 0.1) is 10.1 Å². The maximum Gasteiger partial charge on any atom is 0.506 e. The van der Waals surface area contributed by atoms with Crippen molar-refractivity contribution in [2.45, 2.75) is 24.4 Å². The average molecular weight is 235 g/mol. The lowest BCUT2D eigenvalue weighted by Gasteiger charge is -2.14. The molecule has 4 atom stereocenters. The van der Waals surface area contributed by atoms with Gasteiger partial charge < -0.3 is 24.2 Å². The van der Waals surface area contributed by atoms with Crippen molar-refractivity contribution in [1.29, 1.82) is 0 Å². The van der Waals surface area contributed by atoms with Crippen LogP contribution in [0.1, 0.15) is 0 Å². The number of ether oxygens (including phenoxy) is 3. The fourth-order valence-corrected chi connectivity index (χ4v) is 1.86. The van der Waals surface area contributed by atoms with Gasteiger partial charge in [0.2, 0.25) is 0 Å². The van der Waals surface area contributed by atoms with Crippen LogP contribution in [-0.4, -0.2) is 54.0 Å². The van der Waals surface area contributed by atoms with Crippen molar-refractivity contribution in [2.24, 2.45) is 0 Å². The Labute approximate surface area is 88.9 Å². The van der Waals surface area contributed by atoms with Crippen LogP contribution in [0.15, 0.2) is 0 Å². The van der Waals surface area contributed by atoms with E-state index in [-0.39, 0.29) is 13.2 Å². The van der Waals surface area contributed by atoms with Crippen LogP contribution >= 0.6 is 0 Å². The number of hydrogen-bond acceptors (Lipinski definition) is 7. The van der Waals surface area contributed by atoms with Gasteiger partial charge in [-0.05, 0) is 0 Å². The summed E-state index contributed by atoms with van der Waals surface area (Å²) in [5.41, 5.74) is 0. The Balaban J connectivity index is 1.95. The van der Waals surface area contributed by atoms with Gasteiger partial charge in [-0.3, -0.25) is 0 Å². The van der Waals surface area contributed by atoms with E-state index in [0.29, 0.717) is 0 Å². The van der Waals surface area contributed by atoms with Crippen LogP contribution < -0.4 is 0 Å². The van der Waals surface area contributed by atoms with E-state index in [1.54, 1.807) is 0 Å². The predicted molar refractivity (Wildman–Crippen MR) is 44.2 cm³/mol. The Morgan fingerprint density at radius 2 is 1.88 bits per heavy atom. The van der Waals surface area contributed by atoms with Crippen LogP contribution in [0.2, 0.25) is 0 Å². The zero-order valence-electron chi connectivity index (χ0n) is 7.98. The number of hydrogen-bond donors (Lipinski definition) is 1. The highest BCUT2D eigenvalue weighted by atomic mass is 17.0. The Kier molecular flexibility index (Phi) is 2.79. The Bertz CT molecular complexity index is 277. The summed E-state index contributed by atoms with van der Waals surface area (Å²) in [6.07, 6.45) is -4.32. The van der Waals surface area contributed by atoms with Crippen molar-refractivity contribution < 1.29 is 34.0 Å². The van der Waals surface area contributed by atoms with Gasteiger partial charge in [0.25, 0.3) is 5.09 Å². The molecule has 2 aliphatic heterocycles. The number of fused-ring (bicyclic) bond motifs is 1. The van der Waals surface area contributed by atoms with E-state index in [0.717, 1.165) is 0 Å². The molecule has 0 unspecified atom stereocenters. The second kappa shape index (κ2) is 4.10. The summed E-state index contributed by atoms with van der Waals surface area (Å²) in [6, 6.07) is 0. The van der Waals surface area contributed by atoms with Gasteiger partial charge in [-0.25, -0.2) is 4.79 Å². The van der Waals surface area contributed by atoms with Crippen LogP contribution in [-0.2, 0) is 19.0 Å². The third-order valence-corrected chi connectivity index (χ3v) is 2.44. The molecule has 16 heavy (non-hydrogen) atoms. The molecule has 0 aliphatic carbocycles. The summed E-state index contributed by atoms with van der Waals surface area (Å²) in [4.78, 5) is 24.8. The van der Waals surface area contributed by atoms with Crippen molar-refractivity contribution in [3.05, 3.63) is 10.1 Å². The van der Waals surface area contributed by atoms with Gasteiger partial charge in [0.15, 0.2) is 12.2 Å². The molecule has 0 bridgehead atoms. The highest BCUT2D eigenvalue weighted by Gasteiger charge is 2.51. The lowest BCUT2D eigenvalue weighted by Crippen LogP contribution is -2.35. The van der Waals surface area contributed by atoms with Crippen molar-refractivity contribution >= 4 is 6.16 Å². The standard InChI is InChI=1S/C7H9NO8/c9-7(10)15-3-1-13-6-4(16-8(11)12)2-14-5(3)6/h3-6H,1-2H2,(H,9,10)/t3-,4-,5+,6+/m0/s1. The van der Waals surface area contributed by atoms with Gasteiger partial charge >= 0.3 is 6.16 Å². The Morgan fingerprint density at radius 1 is 1.31 bits per heavy atom. The molecular weight excluding hydrogens is 226 g/mol. The maximum atomic E-state index is 10.3. The van der Waals surface area contributed by atoms with Crippen LogP contribution in [0.4, 0.5) is 4.79 Å². The third kappa shape index (κ3) is 1.99. The quantitative estimate of drug-likeness (QED) is 0.392. The summed E-state index contributed by atoms with van der Waals surface area (Å²) in [5, 5.41) is 17.7. The fraction of sp³-hybridized carbons (Fsp3) is 0.857. The summed E-state index contributed by atoms with van der Waals surface area (Å²) in [5.74, 6) is 0. The molecule has 0 aromatic rings. The molecule has 2 rings (SSSR count). The number of carboxylic acid groups (broad SMARTS) is 1. The van der Waals surface area contributed by atoms with E-state index in [9.17, 15) is 14.9 Å². The molecule has 9 nitrogen and oxygen atoms in total. The maximum absolute atomic E-state index is 10.3. The molecular formula is C7H9NO8. The van der Waals surface area contributed by atoms with E-state index in [1.165, 1.54) is 0 Å². The molecule has 0 spiro atoms. The SMILES string of the molecule is O=C(O)O[C@H]1CO[C@H]2[C@@H]1OC[C@@H]2O[N+](=O)[O-]. The largest absolute Gasteiger partial charge is 0.506 e. The number of carbonyl (C=O) groups is 1. The second-order valence-electron chi connectivity index (χ2n) is 3.39. The monoisotopic (exact) mass is 235 g/mol. The topological polar surface area (TPSA) is 117 Å². The van der Waals surface area contributed by atoms with Gasteiger partial charge in [0.05, 0.1) is 13.2 Å². The lowest BCUT2D eigenvalue weighted by molar-refractivity contribution is -0.769. The zero-order chi connectivity index (χ0) is 11.7. The molecule has 1 N–H and O–H groups in total. The first-order valence-electron chi connectivity index (χ1n) is 4.52. The molecule has 0 saturated carbocycles. The fourth-order valence-electron chi connectivity index (χ4n) is 1.86. The highest BCUT2D eigenvalue weighted by molar-refractivity contribution is 5.57. The van der Waals surface area contributed by atoms with E-state index in [4.69, 9.17) is 14.6 Å². The molecule has 0 aromatic carbocycles. The first kappa shape index (κ1) is 10.9. The van der Waals surface area contributed by atoms with Gasteiger partial charge in [-0.2, -0.15) is 0 Å². The van der Waals surface area contributed by atoms with Crippen molar-refractivity contribution in [3.8, 4) is 0 Å². The first-order chi connectivity index (χ1) is 7.58. The predicted octanol–water partition coefficient (Wildman–Crippen LogP) is -0.576. The average Bonchev–Trinajstić information content (AvgIpc) is 2.70. The first-order valence-corrected chi connectivity index (χ1v) is 4.52. The lowest BCUT2D eigenvalue weighted by atomic mass is 10.1. The highest BCUT2D eigenvalue weighted by Crippen LogP contribution is 2.30. The smallest absolute Gasteiger partial charge is 0.450 e. The van der Waals surface area contributed by atoms with E-state index in [1.807, 2.05) is 0 Å². The van der Waals surface area contributed by atoms with Gasteiger partial charge in [0.1, 0.15) is 12.2 Å². The minimum Gasteiger partial charge on any atom is -0.450 e. The Morgan fingerprint density at radius 3 is 2.44 bits per heavy atom. The van der Waals surface area contributed by atoms with Gasteiger partial charge in [-0.1, -0.05) is 0 Å². The molecule has 90 valence electrons. The summed E-state index contributed by atoms with van der Waals surface area (Å²) in [6.45, 7) is -0.00496. The molecule has 0 aromatic heterocycles. The molecule has 2 fully saturated rings. The van der Waals surface area contributed by atoms with E-state index < -0.39 is 35.7 Å². The molecule has 0 amide bonds. The summed E-state index contributed by atoms with van der Waals surface area (Å²) < 4.78 is 14.8. The molecule has 9 heteroatoms. The van der Waals surface area contributed by atoms with E-state index >= 15 is 0 Å². The molecule has 2 heterocycles. The van der Waals surface area contributed by atoms with Crippen molar-refractivity contribution in [3.63, 3.8) is 0 Å². The van der Waals surface area contributed by atoms with Gasteiger partial charge in [0, 0.05) is 0 Å². The van der Waals surface area contributed by atoms with Crippen LogP contribution in [0.5, 0.6) is 0 Å². The van der Waals surface area contributed by atoms with Crippen LogP contribution in [0.25, 0.3) is 0 Å².